The number of esters is 1. The fourth-order valence-corrected chi connectivity index (χ4v) is 3.36. The van der Waals surface area contributed by atoms with Gasteiger partial charge in [0, 0.05) is 29.1 Å². The molecule has 28 heavy (non-hydrogen) atoms. The number of rotatable bonds is 7. The van der Waals surface area contributed by atoms with E-state index in [0.717, 1.165) is 33.6 Å². The Kier molecular flexibility index (Phi) is 5.26. The largest absolute Gasteiger partial charge is 0.468 e. The van der Waals surface area contributed by atoms with Crippen molar-refractivity contribution >= 4 is 16.9 Å². The Labute approximate surface area is 163 Å². The number of H-pyrrole nitrogens is 1. The predicted molar refractivity (Wildman–Crippen MR) is 109 cm³/mol. The molecule has 0 amide bonds. The molecule has 5 nitrogen and oxygen atoms in total. The summed E-state index contributed by atoms with van der Waals surface area (Å²) in [5, 5.41) is 4.39. The fourth-order valence-electron chi connectivity index (χ4n) is 3.36. The van der Waals surface area contributed by atoms with Crippen LogP contribution in [0.2, 0.25) is 0 Å². The molecule has 0 unspecified atom stereocenters. The zero-order chi connectivity index (χ0) is 19.3. The summed E-state index contributed by atoms with van der Waals surface area (Å²) in [4.78, 5) is 15.5. The topological polar surface area (TPSA) is 67.3 Å². The van der Waals surface area contributed by atoms with E-state index in [1.54, 1.807) is 0 Å². The lowest BCUT2D eigenvalue weighted by Gasteiger charge is -2.15. The van der Waals surface area contributed by atoms with Crippen LogP contribution in [0.3, 0.4) is 0 Å². The summed E-state index contributed by atoms with van der Waals surface area (Å²) >= 11 is 0. The Balaban J connectivity index is 1.47. The number of nitrogens with one attached hydrogen (secondary N) is 2. The number of furan rings is 1. The standard InChI is InChI=1S/C23H22N2O3/c1-27-23(26)21(13-17-14-24-20-10-6-5-9-19(17)20)25-15-18-11-12-22(28-18)16-7-3-2-4-8-16/h2-12,14,21,24-25H,13,15H2,1H3/t21-/m0/s1. The van der Waals surface area contributed by atoms with E-state index in [2.05, 4.69) is 10.3 Å². The molecule has 0 aliphatic carbocycles. The summed E-state index contributed by atoms with van der Waals surface area (Å²) in [6.07, 6.45) is 2.48. The molecule has 2 aromatic heterocycles. The minimum atomic E-state index is -0.463. The van der Waals surface area contributed by atoms with Crippen molar-refractivity contribution < 1.29 is 13.9 Å². The van der Waals surface area contributed by atoms with Crippen molar-refractivity contribution in [1.82, 2.24) is 10.3 Å². The Morgan fingerprint density at radius 1 is 1.07 bits per heavy atom. The molecule has 2 aromatic carbocycles. The lowest BCUT2D eigenvalue weighted by molar-refractivity contribution is -0.143. The van der Waals surface area contributed by atoms with Crippen LogP contribution in [0.15, 0.2) is 77.3 Å². The van der Waals surface area contributed by atoms with E-state index in [4.69, 9.17) is 9.15 Å². The molecule has 0 saturated carbocycles. The molecule has 0 aliphatic rings. The summed E-state index contributed by atoms with van der Waals surface area (Å²) in [6, 6.07) is 21.4. The quantitative estimate of drug-likeness (QED) is 0.473. The molecule has 0 radical (unpaired) electrons. The number of carbonyl (C=O) groups excluding carboxylic acids is 1. The first kappa shape index (κ1) is 18.1. The number of fused-ring (bicyclic) bond motifs is 1. The van der Waals surface area contributed by atoms with Crippen molar-refractivity contribution in [1.29, 1.82) is 0 Å². The molecule has 2 heterocycles. The second-order valence-electron chi connectivity index (χ2n) is 6.65. The summed E-state index contributed by atoms with van der Waals surface area (Å²) in [5.74, 6) is 1.29. The van der Waals surface area contributed by atoms with Gasteiger partial charge in [0.05, 0.1) is 13.7 Å². The van der Waals surface area contributed by atoms with Crippen molar-refractivity contribution in [3.05, 3.63) is 84.3 Å². The number of methoxy groups -OCH3 is 1. The third-order valence-electron chi connectivity index (χ3n) is 4.83. The lowest BCUT2D eigenvalue weighted by atomic mass is 10.0. The normalized spacial score (nSPS) is 12.2. The molecule has 142 valence electrons. The van der Waals surface area contributed by atoms with Gasteiger partial charge in [-0.3, -0.25) is 10.1 Å². The van der Waals surface area contributed by atoms with Crippen LogP contribution in [-0.4, -0.2) is 24.1 Å². The number of hydrogen-bond acceptors (Lipinski definition) is 4. The zero-order valence-corrected chi connectivity index (χ0v) is 15.6. The van der Waals surface area contributed by atoms with Gasteiger partial charge in [0.1, 0.15) is 17.6 Å². The Bertz CT molecular complexity index is 1070. The maximum atomic E-state index is 12.3. The summed E-state index contributed by atoms with van der Waals surface area (Å²) in [5.41, 5.74) is 3.15. The molecule has 2 N–H and O–H groups in total. The number of aromatic amines is 1. The SMILES string of the molecule is COC(=O)[C@H](Cc1c[nH]c2ccccc12)NCc1ccc(-c2ccccc2)o1. The molecule has 0 fully saturated rings. The fraction of sp³-hybridized carbons (Fsp3) is 0.174. The Morgan fingerprint density at radius 2 is 1.86 bits per heavy atom. The van der Waals surface area contributed by atoms with Gasteiger partial charge in [0.2, 0.25) is 0 Å². The van der Waals surface area contributed by atoms with Crippen molar-refractivity contribution in [2.45, 2.75) is 19.0 Å². The Morgan fingerprint density at radius 3 is 2.68 bits per heavy atom. The zero-order valence-electron chi connectivity index (χ0n) is 15.6. The molecule has 0 spiro atoms. The molecule has 4 rings (SSSR count). The molecule has 0 saturated heterocycles. The second-order valence-corrected chi connectivity index (χ2v) is 6.65. The monoisotopic (exact) mass is 374 g/mol. The van der Waals surface area contributed by atoms with Crippen LogP contribution in [0.25, 0.3) is 22.2 Å². The molecular weight excluding hydrogens is 352 g/mol. The van der Waals surface area contributed by atoms with Crippen LogP contribution in [0.4, 0.5) is 0 Å². The number of aromatic nitrogens is 1. The lowest BCUT2D eigenvalue weighted by Crippen LogP contribution is -2.38. The van der Waals surface area contributed by atoms with Gasteiger partial charge in [0.15, 0.2) is 0 Å². The van der Waals surface area contributed by atoms with Crippen LogP contribution < -0.4 is 5.32 Å². The number of benzene rings is 2. The smallest absolute Gasteiger partial charge is 0.323 e. The highest BCUT2D eigenvalue weighted by molar-refractivity contribution is 5.84. The molecule has 4 aromatic rings. The predicted octanol–water partition coefficient (Wildman–Crippen LogP) is 4.30. The van der Waals surface area contributed by atoms with Gasteiger partial charge in [-0.05, 0) is 23.8 Å². The van der Waals surface area contributed by atoms with Crippen molar-refractivity contribution in [3.63, 3.8) is 0 Å². The highest BCUT2D eigenvalue weighted by Gasteiger charge is 2.21. The van der Waals surface area contributed by atoms with E-state index in [1.807, 2.05) is 72.9 Å². The van der Waals surface area contributed by atoms with Gasteiger partial charge in [-0.1, -0.05) is 48.5 Å². The van der Waals surface area contributed by atoms with Gasteiger partial charge < -0.3 is 14.1 Å². The number of hydrogen-bond donors (Lipinski definition) is 2. The minimum absolute atomic E-state index is 0.292. The van der Waals surface area contributed by atoms with E-state index in [-0.39, 0.29) is 5.97 Å². The molecule has 1 atom stereocenters. The van der Waals surface area contributed by atoms with Crippen LogP contribution in [0.5, 0.6) is 0 Å². The van der Waals surface area contributed by atoms with E-state index in [9.17, 15) is 4.79 Å². The van der Waals surface area contributed by atoms with Crippen LogP contribution >= 0.6 is 0 Å². The number of para-hydroxylation sites is 1. The highest BCUT2D eigenvalue weighted by Crippen LogP contribution is 2.22. The third kappa shape index (κ3) is 3.85. The number of carbonyl (C=O) groups is 1. The molecule has 0 bridgehead atoms. The van der Waals surface area contributed by atoms with Gasteiger partial charge >= 0.3 is 5.97 Å². The van der Waals surface area contributed by atoms with Crippen LogP contribution in [-0.2, 0) is 22.5 Å². The molecule has 0 aliphatic heterocycles. The van der Waals surface area contributed by atoms with Gasteiger partial charge in [-0.25, -0.2) is 0 Å². The minimum Gasteiger partial charge on any atom is -0.468 e. The maximum absolute atomic E-state index is 12.3. The van der Waals surface area contributed by atoms with Crippen LogP contribution in [0.1, 0.15) is 11.3 Å². The molecule has 5 heteroatoms. The third-order valence-corrected chi connectivity index (χ3v) is 4.83. The van der Waals surface area contributed by atoms with Crippen molar-refractivity contribution in [2.75, 3.05) is 7.11 Å². The highest BCUT2D eigenvalue weighted by atomic mass is 16.5. The van der Waals surface area contributed by atoms with E-state index < -0.39 is 6.04 Å². The summed E-state index contributed by atoms with van der Waals surface area (Å²) in [6.45, 7) is 0.439. The summed E-state index contributed by atoms with van der Waals surface area (Å²) < 4.78 is 10.9. The van der Waals surface area contributed by atoms with Gasteiger partial charge in [-0.15, -0.1) is 0 Å². The Hall–Kier alpha value is -3.31. The van der Waals surface area contributed by atoms with E-state index >= 15 is 0 Å². The molecular formula is C23H22N2O3. The average molecular weight is 374 g/mol. The number of ether oxygens (including phenoxy) is 1. The first-order valence-corrected chi connectivity index (χ1v) is 9.25. The average Bonchev–Trinajstić information content (AvgIpc) is 3.38. The van der Waals surface area contributed by atoms with E-state index in [0.29, 0.717) is 13.0 Å². The van der Waals surface area contributed by atoms with Crippen molar-refractivity contribution in [3.8, 4) is 11.3 Å². The van der Waals surface area contributed by atoms with Gasteiger partial charge in [-0.2, -0.15) is 0 Å². The maximum Gasteiger partial charge on any atom is 0.323 e. The first-order chi connectivity index (χ1) is 13.7. The van der Waals surface area contributed by atoms with Crippen LogP contribution in [0, 0.1) is 0 Å². The second kappa shape index (κ2) is 8.15. The van der Waals surface area contributed by atoms with Gasteiger partial charge in [0.25, 0.3) is 0 Å². The first-order valence-electron chi connectivity index (χ1n) is 9.25. The summed E-state index contributed by atoms with van der Waals surface area (Å²) in [7, 11) is 1.41. The van der Waals surface area contributed by atoms with E-state index in [1.165, 1.54) is 7.11 Å². The van der Waals surface area contributed by atoms with Crippen molar-refractivity contribution in [2.24, 2.45) is 0 Å².